The first-order valence-corrected chi connectivity index (χ1v) is 8.84. The third-order valence-corrected chi connectivity index (χ3v) is 4.46. The van der Waals surface area contributed by atoms with Crippen molar-refractivity contribution in [3.05, 3.63) is 48.2 Å². The molecule has 1 aliphatic rings. The summed E-state index contributed by atoms with van der Waals surface area (Å²) >= 11 is 0. The molecule has 2 heterocycles. The lowest BCUT2D eigenvalue weighted by Gasteiger charge is -2.34. The monoisotopic (exact) mass is 339 g/mol. The smallest absolute Gasteiger partial charge is 0.224 e. The van der Waals surface area contributed by atoms with Crippen LogP contribution in [0.5, 0.6) is 0 Å². The van der Waals surface area contributed by atoms with Crippen molar-refractivity contribution < 1.29 is 4.79 Å². The molecule has 2 aromatic rings. The number of rotatable bonds is 6. The van der Waals surface area contributed by atoms with Crippen LogP contribution in [0.3, 0.4) is 0 Å². The second kappa shape index (κ2) is 8.46. The molecule has 1 aliphatic heterocycles. The number of aryl methyl sites for hydroxylation is 1. The summed E-state index contributed by atoms with van der Waals surface area (Å²) in [4.78, 5) is 24.4. The molecule has 1 amide bonds. The van der Waals surface area contributed by atoms with E-state index in [-0.39, 0.29) is 5.91 Å². The van der Waals surface area contributed by atoms with E-state index in [4.69, 9.17) is 0 Å². The number of amides is 1. The second-order valence-corrected chi connectivity index (χ2v) is 6.25. The molecule has 0 aliphatic carbocycles. The van der Waals surface area contributed by atoms with E-state index >= 15 is 0 Å². The molecule has 6 heteroatoms. The molecule has 25 heavy (non-hydrogen) atoms. The van der Waals surface area contributed by atoms with Crippen molar-refractivity contribution >= 4 is 17.7 Å². The number of carbonyl (C=O) groups excluding carboxylic acids is 1. The molecule has 3 rings (SSSR count). The predicted molar refractivity (Wildman–Crippen MR) is 99.8 cm³/mol. The van der Waals surface area contributed by atoms with Crippen molar-refractivity contribution in [1.82, 2.24) is 14.9 Å². The summed E-state index contributed by atoms with van der Waals surface area (Å²) in [6, 6.07) is 12.4. The van der Waals surface area contributed by atoms with Crippen molar-refractivity contribution in [2.75, 3.05) is 42.9 Å². The first kappa shape index (κ1) is 17.2. The Morgan fingerprint density at radius 2 is 1.88 bits per heavy atom. The van der Waals surface area contributed by atoms with Gasteiger partial charge < -0.3 is 15.1 Å². The van der Waals surface area contributed by atoms with Crippen LogP contribution in [0.25, 0.3) is 0 Å². The van der Waals surface area contributed by atoms with Crippen LogP contribution in [0.1, 0.15) is 18.9 Å². The average molecular weight is 339 g/mol. The zero-order valence-corrected chi connectivity index (χ0v) is 14.7. The molecule has 0 atom stereocenters. The standard InChI is InChI=1S/C19H25N5O/c1-16(25)23-12-14-24(15-13-23)18-9-11-21-19(22-18)20-10-5-8-17-6-3-2-4-7-17/h2-4,6-7,9,11H,5,8,10,12-15H2,1H3,(H,20,21,22). The fourth-order valence-electron chi connectivity index (χ4n) is 3.00. The predicted octanol–water partition coefficient (Wildman–Crippen LogP) is 2.19. The minimum Gasteiger partial charge on any atom is -0.354 e. The third kappa shape index (κ3) is 4.92. The Morgan fingerprint density at radius 3 is 2.60 bits per heavy atom. The lowest BCUT2D eigenvalue weighted by molar-refractivity contribution is -0.129. The number of benzene rings is 1. The van der Waals surface area contributed by atoms with E-state index in [1.807, 2.05) is 17.0 Å². The van der Waals surface area contributed by atoms with E-state index in [9.17, 15) is 4.79 Å². The molecule has 132 valence electrons. The zero-order chi connectivity index (χ0) is 17.5. The normalized spacial score (nSPS) is 14.4. The molecule has 0 bridgehead atoms. The average Bonchev–Trinajstić information content (AvgIpc) is 2.66. The van der Waals surface area contributed by atoms with Gasteiger partial charge in [0.2, 0.25) is 11.9 Å². The summed E-state index contributed by atoms with van der Waals surface area (Å²) in [5, 5.41) is 3.31. The Labute approximate surface area is 148 Å². The number of aromatic nitrogens is 2. The minimum atomic E-state index is 0.142. The molecule has 0 saturated carbocycles. The highest BCUT2D eigenvalue weighted by Crippen LogP contribution is 2.15. The van der Waals surface area contributed by atoms with Crippen LogP contribution < -0.4 is 10.2 Å². The van der Waals surface area contributed by atoms with Gasteiger partial charge >= 0.3 is 0 Å². The molecule has 0 unspecified atom stereocenters. The molecule has 0 radical (unpaired) electrons. The van der Waals surface area contributed by atoms with Crippen LogP contribution in [0, 0.1) is 0 Å². The Morgan fingerprint density at radius 1 is 1.12 bits per heavy atom. The topological polar surface area (TPSA) is 61.4 Å². The van der Waals surface area contributed by atoms with Crippen LogP contribution >= 0.6 is 0 Å². The number of carbonyl (C=O) groups is 1. The zero-order valence-electron chi connectivity index (χ0n) is 14.7. The Bertz CT molecular complexity index is 683. The van der Waals surface area contributed by atoms with Crippen LogP contribution in [0.4, 0.5) is 11.8 Å². The van der Waals surface area contributed by atoms with Gasteiger partial charge in [0.15, 0.2) is 0 Å². The molecule has 1 aromatic heterocycles. The molecule has 1 fully saturated rings. The summed E-state index contributed by atoms with van der Waals surface area (Å²) in [6.07, 6.45) is 3.87. The van der Waals surface area contributed by atoms with Gasteiger partial charge in [-0.3, -0.25) is 4.79 Å². The molecular weight excluding hydrogens is 314 g/mol. The maximum atomic E-state index is 11.4. The lowest BCUT2D eigenvalue weighted by atomic mass is 10.1. The van der Waals surface area contributed by atoms with Gasteiger partial charge in [-0.25, -0.2) is 4.98 Å². The van der Waals surface area contributed by atoms with Crippen molar-refractivity contribution in [2.45, 2.75) is 19.8 Å². The van der Waals surface area contributed by atoms with Gasteiger partial charge in [0, 0.05) is 45.8 Å². The Hall–Kier alpha value is -2.63. The highest BCUT2D eigenvalue weighted by molar-refractivity contribution is 5.73. The molecule has 0 spiro atoms. The van der Waals surface area contributed by atoms with Gasteiger partial charge in [0.25, 0.3) is 0 Å². The van der Waals surface area contributed by atoms with E-state index in [1.54, 1.807) is 13.1 Å². The first-order chi connectivity index (χ1) is 12.2. The van der Waals surface area contributed by atoms with Crippen LogP contribution in [-0.4, -0.2) is 53.5 Å². The number of hydrogen-bond acceptors (Lipinski definition) is 5. The van der Waals surface area contributed by atoms with E-state index in [1.165, 1.54) is 5.56 Å². The van der Waals surface area contributed by atoms with Gasteiger partial charge in [-0.15, -0.1) is 0 Å². The number of nitrogens with one attached hydrogen (secondary N) is 1. The van der Waals surface area contributed by atoms with Gasteiger partial charge in [0.05, 0.1) is 0 Å². The van der Waals surface area contributed by atoms with E-state index in [0.29, 0.717) is 5.95 Å². The molecule has 6 nitrogen and oxygen atoms in total. The van der Waals surface area contributed by atoms with Crippen LogP contribution in [0.2, 0.25) is 0 Å². The highest BCUT2D eigenvalue weighted by Gasteiger charge is 2.19. The summed E-state index contributed by atoms with van der Waals surface area (Å²) < 4.78 is 0. The number of nitrogens with zero attached hydrogens (tertiary/aromatic N) is 4. The van der Waals surface area contributed by atoms with Crippen molar-refractivity contribution in [1.29, 1.82) is 0 Å². The maximum absolute atomic E-state index is 11.4. The first-order valence-electron chi connectivity index (χ1n) is 8.84. The Balaban J connectivity index is 1.47. The van der Waals surface area contributed by atoms with Gasteiger partial charge in [-0.2, -0.15) is 4.98 Å². The summed E-state index contributed by atoms with van der Waals surface area (Å²) in [6.45, 7) is 5.58. The summed E-state index contributed by atoms with van der Waals surface area (Å²) in [5.74, 6) is 1.73. The second-order valence-electron chi connectivity index (χ2n) is 6.25. The minimum absolute atomic E-state index is 0.142. The molecule has 1 N–H and O–H groups in total. The van der Waals surface area contributed by atoms with Crippen LogP contribution in [0.15, 0.2) is 42.6 Å². The quantitative estimate of drug-likeness (QED) is 0.818. The van der Waals surface area contributed by atoms with E-state index in [2.05, 4.69) is 44.5 Å². The lowest BCUT2D eigenvalue weighted by Crippen LogP contribution is -2.48. The largest absolute Gasteiger partial charge is 0.354 e. The molecular formula is C19H25N5O. The van der Waals surface area contributed by atoms with Crippen molar-refractivity contribution in [3.8, 4) is 0 Å². The van der Waals surface area contributed by atoms with Gasteiger partial charge in [0.1, 0.15) is 5.82 Å². The van der Waals surface area contributed by atoms with Gasteiger partial charge in [-0.1, -0.05) is 30.3 Å². The fraction of sp³-hybridized carbons (Fsp3) is 0.421. The summed E-state index contributed by atoms with van der Waals surface area (Å²) in [5.41, 5.74) is 1.35. The third-order valence-electron chi connectivity index (χ3n) is 4.46. The van der Waals surface area contributed by atoms with E-state index in [0.717, 1.165) is 51.4 Å². The van der Waals surface area contributed by atoms with Gasteiger partial charge in [-0.05, 0) is 24.5 Å². The Kier molecular flexibility index (Phi) is 5.82. The van der Waals surface area contributed by atoms with Crippen molar-refractivity contribution in [2.24, 2.45) is 0 Å². The summed E-state index contributed by atoms with van der Waals surface area (Å²) in [7, 11) is 0. The fourth-order valence-corrected chi connectivity index (χ4v) is 3.00. The maximum Gasteiger partial charge on any atom is 0.224 e. The SMILES string of the molecule is CC(=O)N1CCN(c2ccnc(NCCCc3ccccc3)n2)CC1. The van der Waals surface area contributed by atoms with Crippen LogP contribution in [-0.2, 0) is 11.2 Å². The number of hydrogen-bond donors (Lipinski definition) is 1. The van der Waals surface area contributed by atoms with Crippen molar-refractivity contribution in [3.63, 3.8) is 0 Å². The molecule has 1 aromatic carbocycles. The van der Waals surface area contributed by atoms with E-state index < -0.39 is 0 Å². The number of anilines is 2. The highest BCUT2D eigenvalue weighted by atomic mass is 16.2. The number of piperazine rings is 1. The molecule has 1 saturated heterocycles.